The molecule has 11 nitrogen and oxygen atoms in total. The Morgan fingerprint density at radius 2 is 2.00 bits per heavy atom. The SMILES string of the molecule is CCCCCOc1cc(-c2nc(C(=O)NCC3CCc4ccccc4N3)c(CN)o2)ccc1OC(F)F.O=CN1CCOCC1. The highest BCUT2D eigenvalue weighted by Gasteiger charge is 2.23. The predicted octanol–water partition coefficient (Wildman–Crippen LogP) is 4.60. The third-order valence-electron chi connectivity index (χ3n) is 7.35. The number of rotatable bonds is 13. The number of nitrogens with zero attached hydrogens (tertiary/aromatic N) is 2. The highest BCUT2D eigenvalue weighted by molar-refractivity contribution is 5.93. The summed E-state index contributed by atoms with van der Waals surface area (Å²) in [5.41, 5.74) is 8.70. The average molecular weight is 630 g/mol. The third-order valence-corrected chi connectivity index (χ3v) is 7.35. The number of anilines is 1. The summed E-state index contributed by atoms with van der Waals surface area (Å²) < 4.78 is 46.8. The molecule has 244 valence electrons. The maximum atomic E-state index is 13.0. The number of amides is 2. The van der Waals surface area contributed by atoms with Crippen molar-refractivity contribution in [1.29, 1.82) is 0 Å². The number of nitrogens with two attached hydrogens (primary N) is 1. The Bertz CT molecular complexity index is 1380. The molecule has 0 bridgehead atoms. The van der Waals surface area contributed by atoms with Crippen LogP contribution < -0.4 is 25.8 Å². The summed E-state index contributed by atoms with van der Waals surface area (Å²) in [6, 6.07) is 12.6. The number of alkyl halides is 2. The molecule has 1 unspecified atom stereocenters. The lowest BCUT2D eigenvalue weighted by molar-refractivity contribution is -0.121. The van der Waals surface area contributed by atoms with Gasteiger partial charge in [0.05, 0.1) is 26.4 Å². The topological polar surface area (TPSA) is 141 Å². The smallest absolute Gasteiger partial charge is 0.387 e. The van der Waals surface area contributed by atoms with Crippen molar-refractivity contribution < 1.29 is 37.0 Å². The van der Waals surface area contributed by atoms with Gasteiger partial charge in [0.15, 0.2) is 23.0 Å². The lowest BCUT2D eigenvalue weighted by Crippen LogP contribution is -2.39. The molecule has 1 saturated heterocycles. The van der Waals surface area contributed by atoms with Gasteiger partial charge in [0.1, 0.15) is 0 Å². The van der Waals surface area contributed by atoms with E-state index in [1.165, 1.54) is 23.8 Å². The fourth-order valence-corrected chi connectivity index (χ4v) is 4.91. The summed E-state index contributed by atoms with van der Waals surface area (Å²) in [4.78, 5) is 29.1. The summed E-state index contributed by atoms with van der Waals surface area (Å²) in [7, 11) is 0. The number of para-hydroxylation sites is 1. The first kappa shape index (κ1) is 33.7. The predicted molar refractivity (Wildman–Crippen MR) is 164 cm³/mol. The van der Waals surface area contributed by atoms with E-state index in [4.69, 9.17) is 19.6 Å². The van der Waals surface area contributed by atoms with Gasteiger partial charge in [0, 0.05) is 36.9 Å². The number of aryl methyl sites for hydroxylation is 1. The number of nitrogens with one attached hydrogen (secondary N) is 2. The first-order valence-electron chi connectivity index (χ1n) is 15.2. The van der Waals surface area contributed by atoms with Crippen molar-refractivity contribution in [2.75, 3.05) is 44.8 Å². The molecule has 0 aliphatic carbocycles. The number of fused-ring (bicyclic) bond motifs is 1. The van der Waals surface area contributed by atoms with Crippen LogP contribution in [0.2, 0.25) is 0 Å². The molecule has 2 aliphatic heterocycles. The molecule has 2 aromatic carbocycles. The van der Waals surface area contributed by atoms with Gasteiger partial charge in [-0.15, -0.1) is 0 Å². The maximum Gasteiger partial charge on any atom is 0.387 e. The van der Waals surface area contributed by atoms with Crippen LogP contribution in [0, 0.1) is 0 Å². The van der Waals surface area contributed by atoms with E-state index in [-0.39, 0.29) is 41.4 Å². The van der Waals surface area contributed by atoms with Gasteiger partial charge in [-0.2, -0.15) is 8.78 Å². The van der Waals surface area contributed by atoms with Gasteiger partial charge < -0.3 is 39.9 Å². The summed E-state index contributed by atoms with van der Waals surface area (Å²) in [6.07, 6.45) is 5.40. The minimum atomic E-state index is -2.99. The van der Waals surface area contributed by atoms with E-state index in [9.17, 15) is 18.4 Å². The molecule has 2 amide bonds. The standard InChI is InChI=1S/C27H32F2N4O4.C5H9NO2/c1-2-3-6-13-35-22-14-18(10-12-21(22)37-27(28)29)26-33-24(23(15-30)36-26)25(34)31-16-19-11-9-17-7-4-5-8-20(17)32-19;7-5-6-1-3-8-4-2-6/h4-5,7-8,10,12,14,19,27,32H,2-3,6,9,11,13,15-16,30H2,1H3,(H,31,34);5H,1-4H2. The molecule has 4 N–H and O–H groups in total. The number of carbonyl (C=O) groups excluding carboxylic acids is 2. The molecule has 3 heterocycles. The van der Waals surface area contributed by atoms with Crippen LogP contribution in [-0.2, 0) is 22.5 Å². The molecule has 45 heavy (non-hydrogen) atoms. The van der Waals surface area contributed by atoms with E-state index < -0.39 is 12.5 Å². The Labute approximate surface area is 261 Å². The highest BCUT2D eigenvalue weighted by atomic mass is 19.3. The van der Waals surface area contributed by atoms with Crippen LogP contribution in [0.15, 0.2) is 46.9 Å². The Balaban J connectivity index is 0.000000501. The summed E-state index contributed by atoms with van der Waals surface area (Å²) in [5.74, 6) is 0.0336. The number of hydrogen-bond acceptors (Lipinski definition) is 9. The molecular weight excluding hydrogens is 588 g/mol. The van der Waals surface area contributed by atoms with Crippen LogP contribution >= 0.6 is 0 Å². The second kappa shape index (κ2) is 17.3. The Morgan fingerprint density at radius 3 is 2.71 bits per heavy atom. The van der Waals surface area contributed by atoms with E-state index in [1.54, 1.807) is 4.90 Å². The normalized spacial score (nSPS) is 15.8. The fourth-order valence-electron chi connectivity index (χ4n) is 4.91. The number of benzene rings is 2. The quantitative estimate of drug-likeness (QED) is 0.183. The van der Waals surface area contributed by atoms with Crippen molar-refractivity contribution in [2.45, 2.75) is 58.2 Å². The van der Waals surface area contributed by atoms with Crippen LogP contribution in [0.3, 0.4) is 0 Å². The van der Waals surface area contributed by atoms with E-state index in [0.717, 1.165) is 57.3 Å². The lowest BCUT2D eigenvalue weighted by atomic mass is 9.98. The molecule has 0 spiro atoms. The van der Waals surface area contributed by atoms with Crippen molar-refractivity contribution in [3.63, 3.8) is 0 Å². The van der Waals surface area contributed by atoms with Crippen molar-refractivity contribution in [3.05, 3.63) is 59.5 Å². The largest absolute Gasteiger partial charge is 0.490 e. The zero-order valence-electron chi connectivity index (χ0n) is 25.4. The molecule has 2 aliphatic rings. The van der Waals surface area contributed by atoms with Gasteiger partial charge in [-0.05, 0) is 49.1 Å². The fraction of sp³-hybridized carbons (Fsp3) is 0.469. The second-order valence-electron chi connectivity index (χ2n) is 10.6. The van der Waals surface area contributed by atoms with Crippen molar-refractivity contribution >= 4 is 18.0 Å². The Morgan fingerprint density at radius 1 is 1.20 bits per heavy atom. The zero-order chi connectivity index (χ0) is 32.0. The number of ether oxygens (including phenoxy) is 3. The van der Waals surface area contributed by atoms with Crippen LogP contribution in [-0.4, -0.2) is 74.3 Å². The van der Waals surface area contributed by atoms with E-state index in [0.29, 0.717) is 31.9 Å². The van der Waals surface area contributed by atoms with Gasteiger partial charge in [-0.1, -0.05) is 38.0 Å². The van der Waals surface area contributed by atoms with Gasteiger partial charge in [-0.3, -0.25) is 9.59 Å². The van der Waals surface area contributed by atoms with Crippen LogP contribution in [0.4, 0.5) is 14.5 Å². The zero-order valence-corrected chi connectivity index (χ0v) is 25.4. The lowest BCUT2D eigenvalue weighted by Gasteiger charge is -2.27. The second-order valence-corrected chi connectivity index (χ2v) is 10.6. The van der Waals surface area contributed by atoms with E-state index >= 15 is 0 Å². The number of halogens is 2. The highest BCUT2D eigenvalue weighted by Crippen LogP contribution is 2.34. The monoisotopic (exact) mass is 629 g/mol. The molecule has 1 aromatic heterocycles. The van der Waals surface area contributed by atoms with Gasteiger partial charge in [0.2, 0.25) is 12.3 Å². The number of carbonyl (C=O) groups is 2. The Kier molecular flexibility index (Phi) is 12.9. The van der Waals surface area contributed by atoms with Gasteiger partial charge in [0.25, 0.3) is 5.91 Å². The molecular formula is C32H41F2N5O6. The minimum absolute atomic E-state index is 0.0300. The van der Waals surface area contributed by atoms with E-state index in [2.05, 4.69) is 33.3 Å². The number of aromatic nitrogens is 1. The number of hydrogen-bond donors (Lipinski definition) is 3. The Hall–Kier alpha value is -4.23. The molecule has 3 aromatic rings. The van der Waals surface area contributed by atoms with Gasteiger partial charge >= 0.3 is 6.61 Å². The van der Waals surface area contributed by atoms with Crippen molar-refractivity contribution in [2.24, 2.45) is 5.73 Å². The van der Waals surface area contributed by atoms with Crippen LogP contribution in [0.25, 0.3) is 11.5 Å². The number of unbranched alkanes of at least 4 members (excludes halogenated alkanes) is 2. The first-order valence-corrected chi connectivity index (χ1v) is 15.2. The first-order chi connectivity index (χ1) is 21.9. The molecule has 5 rings (SSSR count). The summed E-state index contributed by atoms with van der Waals surface area (Å²) >= 11 is 0. The maximum absolute atomic E-state index is 13.0. The molecule has 13 heteroatoms. The van der Waals surface area contributed by atoms with Gasteiger partial charge in [-0.25, -0.2) is 4.98 Å². The third kappa shape index (κ3) is 9.88. The van der Waals surface area contributed by atoms with Crippen LogP contribution in [0.1, 0.15) is 54.4 Å². The number of oxazole rings is 1. The van der Waals surface area contributed by atoms with Crippen molar-refractivity contribution in [1.82, 2.24) is 15.2 Å². The summed E-state index contributed by atoms with van der Waals surface area (Å²) in [6.45, 7) is 2.69. The minimum Gasteiger partial charge on any atom is -0.490 e. The molecule has 1 fully saturated rings. The van der Waals surface area contributed by atoms with E-state index in [1.807, 2.05) is 18.2 Å². The van der Waals surface area contributed by atoms with Crippen LogP contribution in [0.5, 0.6) is 11.5 Å². The molecule has 0 radical (unpaired) electrons. The average Bonchev–Trinajstić information content (AvgIpc) is 3.51. The number of morpholine rings is 1. The molecule has 1 atom stereocenters. The van der Waals surface area contributed by atoms with Crippen molar-refractivity contribution in [3.8, 4) is 23.0 Å². The summed E-state index contributed by atoms with van der Waals surface area (Å²) in [5, 5.41) is 6.36. The molecule has 0 saturated carbocycles.